The van der Waals surface area contributed by atoms with Crippen molar-refractivity contribution in [3.05, 3.63) is 70.2 Å². The van der Waals surface area contributed by atoms with E-state index < -0.39 is 0 Å². The third-order valence-corrected chi connectivity index (χ3v) is 5.69. The van der Waals surface area contributed by atoms with Gasteiger partial charge in [0.05, 0.1) is 0 Å². The summed E-state index contributed by atoms with van der Waals surface area (Å²) in [4.78, 5) is 0. The number of benzene rings is 3. The zero-order chi connectivity index (χ0) is 14.4. The Morgan fingerprint density at radius 2 is 1.62 bits per heavy atom. The molecule has 0 spiro atoms. The van der Waals surface area contributed by atoms with E-state index in [1.807, 2.05) is 29.5 Å². The lowest BCUT2D eigenvalue weighted by molar-refractivity contribution is 1.61. The fourth-order valence-electron chi connectivity index (χ4n) is 2.61. The second-order valence-electron chi connectivity index (χ2n) is 4.93. The molecule has 0 N–H and O–H groups in total. The van der Waals surface area contributed by atoms with E-state index >= 15 is 0 Å². The number of fused-ring (bicyclic) bond motifs is 3. The van der Waals surface area contributed by atoms with Crippen LogP contribution in [0.25, 0.3) is 31.3 Å². The van der Waals surface area contributed by atoms with Crippen LogP contribution in [-0.2, 0) is 0 Å². The second-order valence-corrected chi connectivity index (χ2v) is 7.31. The number of hydrogen-bond donors (Lipinski definition) is 0. The van der Waals surface area contributed by atoms with Gasteiger partial charge in [0.1, 0.15) is 0 Å². The normalized spacial score (nSPS) is 11.3. The molecule has 4 rings (SSSR count). The van der Waals surface area contributed by atoms with Crippen LogP contribution in [0.4, 0.5) is 0 Å². The molecular formula is C18H10BrClS. The number of rotatable bonds is 1. The topological polar surface area (TPSA) is 0 Å². The molecule has 0 saturated heterocycles. The van der Waals surface area contributed by atoms with Crippen LogP contribution in [-0.4, -0.2) is 0 Å². The van der Waals surface area contributed by atoms with Gasteiger partial charge in [0, 0.05) is 29.7 Å². The average Bonchev–Trinajstić information content (AvgIpc) is 2.87. The summed E-state index contributed by atoms with van der Waals surface area (Å²) in [5.74, 6) is 0. The van der Waals surface area contributed by atoms with Gasteiger partial charge in [-0.05, 0) is 47.5 Å². The van der Waals surface area contributed by atoms with Gasteiger partial charge in [-0.1, -0.05) is 51.8 Å². The van der Waals surface area contributed by atoms with Crippen molar-refractivity contribution in [1.29, 1.82) is 0 Å². The smallest absolute Gasteiger partial charge is 0.0412 e. The number of halogens is 2. The highest BCUT2D eigenvalue weighted by atomic mass is 79.9. The molecule has 21 heavy (non-hydrogen) atoms. The maximum Gasteiger partial charge on any atom is 0.0412 e. The third-order valence-electron chi connectivity index (χ3n) is 3.62. The molecule has 0 unspecified atom stereocenters. The van der Waals surface area contributed by atoms with Gasteiger partial charge in [0.25, 0.3) is 0 Å². The minimum Gasteiger partial charge on any atom is -0.135 e. The van der Waals surface area contributed by atoms with E-state index in [9.17, 15) is 0 Å². The summed E-state index contributed by atoms with van der Waals surface area (Å²) < 4.78 is 3.71. The molecule has 0 amide bonds. The molecule has 0 fully saturated rings. The first-order valence-electron chi connectivity index (χ1n) is 6.59. The van der Waals surface area contributed by atoms with Gasteiger partial charge >= 0.3 is 0 Å². The molecule has 0 saturated carbocycles. The van der Waals surface area contributed by atoms with Crippen molar-refractivity contribution in [2.45, 2.75) is 0 Å². The summed E-state index contributed by atoms with van der Waals surface area (Å²) in [5.41, 5.74) is 2.31. The van der Waals surface area contributed by atoms with Gasteiger partial charge in [-0.2, -0.15) is 0 Å². The predicted octanol–water partition coefficient (Wildman–Crippen LogP) is 7.14. The average molecular weight is 374 g/mol. The summed E-state index contributed by atoms with van der Waals surface area (Å²) in [6.45, 7) is 0. The predicted molar refractivity (Wildman–Crippen MR) is 97.5 cm³/mol. The first-order valence-corrected chi connectivity index (χ1v) is 8.58. The zero-order valence-electron chi connectivity index (χ0n) is 10.9. The van der Waals surface area contributed by atoms with Crippen LogP contribution in [0.3, 0.4) is 0 Å². The van der Waals surface area contributed by atoms with Crippen LogP contribution < -0.4 is 0 Å². The molecule has 1 aromatic heterocycles. The molecule has 1 heterocycles. The van der Waals surface area contributed by atoms with Crippen LogP contribution in [0, 0.1) is 0 Å². The van der Waals surface area contributed by atoms with E-state index in [-0.39, 0.29) is 0 Å². The minimum absolute atomic E-state index is 0.753. The van der Waals surface area contributed by atoms with Gasteiger partial charge < -0.3 is 0 Å². The monoisotopic (exact) mass is 372 g/mol. The number of hydrogen-bond acceptors (Lipinski definition) is 1. The van der Waals surface area contributed by atoms with E-state index in [1.165, 1.54) is 25.7 Å². The van der Waals surface area contributed by atoms with Crippen LogP contribution in [0.1, 0.15) is 0 Å². The van der Waals surface area contributed by atoms with Crippen LogP contribution >= 0.6 is 38.9 Å². The van der Waals surface area contributed by atoms with Crippen molar-refractivity contribution in [3.8, 4) is 11.1 Å². The Balaban J connectivity index is 2.02. The lowest BCUT2D eigenvalue weighted by Crippen LogP contribution is -1.80. The molecule has 0 radical (unpaired) electrons. The van der Waals surface area contributed by atoms with Crippen molar-refractivity contribution in [2.24, 2.45) is 0 Å². The fraction of sp³-hybridized carbons (Fsp3) is 0. The van der Waals surface area contributed by atoms with E-state index in [1.54, 1.807) is 0 Å². The molecule has 3 aromatic carbocycles. The molecule has 4 aromatic rings. The van der Waals surface area contributed by atoms with Crippen molar-refractivity contribution in [2.75, 3.05) is 0 Å². The molecule has 0 bridgehead atoms. The van der Waals surface area contributed by atoms with Gasteiger partial charge in [-0.25, -0.2) is 0 Å². The Kier molecular flexibility index (Phi) is 3.26. The van der Waals surface area contributed by atoms with Crippen LogP contribution in [0.5, 0.6) is 0 Å². The van der Waals surface area contributed by atoms with Crippen molar-refractivity contribution >= 4 is 59.0 Å². The lowest BCUT2D eigenvalue weighted by atomic mass is 10.0. The molecular weight excluding hydrogens is 364 g/mol. The highest BCUT2D eigenvalue weighted by Crippen LogP contribution is 2.38. The number of thiophene rings is 1. The Hall–Kier alpha value is -1.35. The summed E-state index contributed by atoms with van der Waals surface area (Å²) in [6.07, 6.45) is 0. The molecule has 0 nitrogen and oxygen atoms in total. The third kappa shape index (κ3) is 2.28. The van der Waals surface area contributed by atoms with Gasteiger partial charge in [0.15, 0.2) is 0 Å². The quantitative estimate of drug-likeness (QED) is 0.332. The summed E-state index contributed by atoms with van der Waals surface area (Å²) in [6, 6.07) is 21.0. The molecule has 0 aliphatic carbocycles. The fourth-order valence-corrected chi connectivity index (χ4v) is 4.35. The van der Waals surface area contributed by atoms with E-state index in [0.717, 1.165) is 15.1 Å². The summed E-state index contributed by atoms with van der Waals surface area (Å²) >= 11 is 11.6. The SMILES string of the molecule is Clc1ccc(Br)c(-c2ccc3sc4ccccc4c3c2)c1. The Bertz CT molecular complexity index is 971. The van der Waals surface area contributed by atoms with Gasteiger partial charge in [-0.3, -0.25) is 0 Å². The zero-order valence-corrected chi connectivity index (χ0v) is 14.1. The first kappa shape index (κ1) is 13.3. The maximum absolute atomic E-state index is 6.14. The Morgan fingerprint density at radius 3 is 2.52 bits per heavy atom. The summed E-state index contributed by atoms with van der Waals surface area (Å²) in [7, 11) is 0. The maximum atomic E-state index is 6.14. The van der Waals surface area contributed by atoms with Crippen molar-refractivity contribution in [3.63, 3.8) is 0 Å². The van der Waals surface area contributed by atoms with Gasteiger partial charge in [0.2, 0.25) is 0 Å². The largest absolute Gasteiger partial charge is 0.135 e. The van der Waals surface area contributed by atoms with Crippen molar-refractivity contribution < 1.29 is 0 Å². The van der Waals surface area contributed by atoms with E-state index in [4.69, 9.17) is 11.6 Å². The van der Waals surface area contributed by atoms with Crippen molar-refractivity contribution in [1.82, 2.24) is 0 Å². The molecule has 102 valence electrons. The van der Waals surface area contributed by atoms with E-state index in [2.05, 4.69) is 58.4 Å². The molecule has 0 aliphatic heterocycles. The lowest BCUT2D eigenvalue weighted by Gasteiger charge is -2.06. The Labute approximate surface area is 140 Å². The molecule has 0 aliphatic rings. The molecule has 0 atom stereocenters. The van der Waals surface area contributed by atoms with Gasteiger partial charge in [-0.15, -0.1) is 11.3 Å². The standard InChI is InChI=1S/C18H10BrClS/c19-16-7-6-12(20)10-14(16)11-5-8-18-15(9-11)13-3-1-2-4-17(13)21-18/h1-10H. The highest BCUT2D eigenvalue weighted by Gasteiger charge is 2.08. The van der Waals surface area contributed by atoms with Crippen LogP contribution in [0.2, 0.25) is 5.02 Å². The first-order chi connectivity index (χ1) is 10.2. The second kappa shape index (κ2) is 5.13. The minimum atomic E-state index is 0.753. The van der Waals surface area contributed by atoms with Crippen LogP contribution in [0.15, 0.2) is 65.1 Å². The summed E-state index contributed by atoms with van der Waals surface area (Å²) in [5, 5.41) is 3.38. The highest BCUT2D eigenvalue weighted by molar-refractivity contribution is 9.10. The van der Waals surface area contributed by atoms with E-state index in [0.29, 0.717) is 0 Å². The Morgan fingerprint density at radius 1 is 0.810 bits per heavy atom. The molecule has 3 heteroatoms.